The molecule has 0 unspecified atom stereocenters. The van der Waals surface area contributed by atoms with Crippen molar-refractivity contribution in [2.45, 2.75) is 6.61 Å². The summed E-state index contributed by atoms with van der Waals surface area (Å²) in [6, 6.07) is 15.5. The van der Waals surface area contributed by atoms with Crippen LogP contribution in [-0.2, 0) is 6.61 Å². The van der Waals surface area contributed by atoms with Crippen LogP contribution in [-0.4, -0.2) is 0 Å². The first-order valence-electron chi connectivity index (χ1n) is 5.04. The Morgan fingerprint density at radius 2 is 1.81 bits per heavy atom. The summed E-state index contributed by atoms with van der Waals surface area (Å²) in [5, 5.41) is 0.600. The molecule has 16 heavy (non-hydrogen) atoms. The zero-order valence-corrected chi connectivity index (χ0v) is 9.58. The summed E-state index contributed by atoms with van der Waals surface area (Å²) in [6.07, 6.45) is 0. The molecular formula is C14H12ClO. The second-order valence-electron chi connectivity index (χ2n) is 3.54. The van der Waals surface area contributed by atoms with Crippen molar-refractivity contribution >= 4 is 11.6 Å². The Kier molecular flexibility index (Phi) is 3.47. The monoisotopic (exact) mass is 231 g/mol. The third-order valence-corrected chi connectivity index (χ3v) is 2.53. The lowest BCUT2D eigenvalue weighted by Gasteiger charge is -2.08. The maximum Gasteiger partial charge on any atom is 0.138 e. The maximum absolute atomic E-state index is 6.03. The molecule has 0 bridgehead atoms. The van der Waals surface area contributed by atoms with Gasteiger partial charge in [-0.05, 0) is 30.2 Å². The van der Waals surface area contributed by atoms with Crippen molar-refractivity contribution in [3.63, 3.8) is 0 Å². The van der Waals surface area contributed by atoms with Crippen LogP contribution < -0.4 is 4.74 Å². The number of halogens is 1. The Labute approximate surface area is 101 Å². The Morgan fingerprint density at radius 1 is 1.06 bits per heavy atom. The molecule has 1 radical (unpaired) electrons. The van der Waals surface area contributed by atoms with E-state index in [4.69, 9.17) is 16.3 Å². The third-order valence-electron chi connectivity index (χ3n) is 2.23. The van der Waals surface area contributed by atoms with Crippen LogP contribution in [0.1, 0.15) is 11.1 Å². The molecule has 0 aliphatic carbocycles. The number of ether oxygens (including phenoxy) is 1. The first-order chi connectivity index (χ1) is 7.75. The van der Waals surface area contributed by atoms with E-state index in [0.29, 0.717) is 17.4 Å². The summed E-state index contributed by atoms with van der Waals surface area (Å²) >= 11 is 6.03. The van der Waals surface area contributed by atoms with Gasteiger partial charge in [-0.2, -0.15) is 0 Å². The Bertz CT molecular complexity index is 465. The Hall–Kier alpha value is -1.47. The van der Waals surface area contributed by atoms with Gasteiger partial charge in [0.05, 0.1) is 5.02 Å². The average Bonchev–Trinajstić information content (AvgIpc) is 2.29. The van der Waals surface area contributed by atoms with E-state index in [1.165, 1.54) is 0 Å². The van der Waals surface area contributed by atoms with Crippen molar-refractivity contribution in [1.82, 2.24) is 0 Å². The summed E-state index contributed by atoms with van der Waals surface area (Å²) in [7, 11) is 0. The van der Waals surface area contributed by atoms with E-state index in [9.17, 15) is 0 Å². The molecule has 0 aromatic heterocycles. The van der Waals surface area contributed by atoms with Gasteiger partial charge in [-0.15, -0.1) is 0 Å². The topological polar surface area (TPSA) is 9.23 Å². The smallest absolute Gasteiger partial charge is 0.138 e. The summed E-state index contributed by atoms with van der Waals surface area (Å²) in [5.74, 6) is 0.693. The molecule has 2 heteroatoms. The minimum absolute atomic E-state index is 0.525. The van der Waals surface area contributed by atoms with E-state index in [0.717, 1.165) is 11.1 Å². The first kappa shape index (κ1) is 11.0. The highest BCUT2D eigenvalue weighted by atomic mass is 35.5. The second kappa shape index (κ2) is 5.04. The van der Waals surface area contributed by atoms with Crippen LogP contribution in [0.2, 0.25) is 5.02 Å². The first-order valence-corrected chi connectivity index (χ1v) is 5.42. The molecule has 2 rings (SSSR count). The minimum atomic E-state index is 0.525. The van der Waals surface area contributed by atoms with Gasteiger partial charge in [-0.25, -0.2) is 0 Å². The van der Waals surface area contributed by atoms with Gasteiger partial charge in [0.1, 0.15) is 12.4 Å². The van der Waals surface area contributed by atoms with E-state index >= 15 is 0 Å². The highest BCUT2D eigenvalue weighted by Crippen LogP contribution is 2.25. The fraction of sp³-hybridized carbons (Fsp3) is 0.0714. The molecule has 0 fully saturated rings. The lowest BCUT2D eigenvalue weighted by atomic mass is 10.2. The summed E-state index contributed by atoms with van der Waals surface area (Å²) in [4.78, 5) is 0. The highest BCUT2D eigenvalue weighted by molar-refractivity contribution is 6.32. The zero-order chi connectivity index (χ0) is 11.4. The van der Waals surface area contributed by atoms with Gasteiger partial charge in [0.15, 0.2) is 0 Å². The molecule has 0 amide bonds. The number of benzene rings is 2. The number of hydrogen-bond acceptors (Lipinski definition) is 1. The van der Waals surface area contributed by atoms with Crippen molar-refractivity contribution in [1.29, 1.82) is 0 Å². The van der Waals surface area contributed by atoms with Crippen molar-refractivity contribution in [2.24, 2.45) is 0 Å². The minimum Gasteiger partial charge on any atom is -0.487 e. The Balaban J connectivity index is 2.05. The molecule has 0 saturated carbocycles. The fourth-order valence-corrected chi connectivity index (χ4v) is 1.65. The van der Waals surface area contributed by atoms with Gasteiger partial charge < -0.3 is 4.74 Å². The van der Waals surface area contributed by atoms with Crippen molar-refractivity contribution in [3.8, 4) is 5.75 Å². The zero-order valence-electron chi connectivity index (χ0n) is 8.82. The van der Waals surface area contributed by atoms with Crippen LogP contribution in [0.4, 0.5) is 0 Å². The molecule has 0 atom stereocenters. The van der Waals surface area contributed by atoms with Gasteiger partial charge in [-0.3, -0.25) is 0 Å². The predicted octanol–water partition coefficient (Wildman–Crippen LogP) is 4.10. The third kappa shape index (κ3) is 2.77. The van der Waals surface area contributed by atoms with Crippen LogP contribution in [0, 0.1) is 6.92 Å². The van der Waals surface area contributed by atoms with Crippen molar-refractivity contribution in [3.05, 3.63) is 71.6 Å². The fourth-order valence-electron chi connectivity index (χ4n) is 1.40. The van der Waals surface area contributed by atoms with E-state index in [1.807, 2.05) is 42.5 Å². The molecular weight excluding hydrogens is 220 g/mol. The van der Waals surface area contributed by atoms with Crippen LogP contribution in [0.5, 0.6) is 5.75 Å². The van der Waals surface area contributed by atoms with E-state index < -0.39 is 0 Å². The van der Waals surface area contributed by atoms with Gasteiger partial charge in [0.25, 0.3) is 0 Å². The largest absolute Gasteiger partial charge is 0.487 e. The van der Waals surface area contributed by atoms with E-state index in [2.05, 4.69) is 6.92 Å². The lowest BCUT2D eigenvalue weighted by molar-refractivity contribution is 0.306. The Morgan fingerprint density at radius 3 is 2.50 bits per heavy atom. The van der Waals surface area contributed by atoms with Crippen LogP contribution in [0.25, 0.3) is 0 Å². The van der Waals surface area contributed by atoms with Gasteiger partial charge in [0.2, 0.25) is 0 Å². The number of rotatable bonds is 3. The summed E-state index contributed by atoms with van der Waals surface area (Å²) < 4.78 is 5.62. The standard InChI is InChI=1S/C14H12ClO/c1-11-7-8-14(13(15)9-11)16-10-12-5-3-2-4-6-12/h2-9H,1,10H2. The lowest BCUT2D eigenvalue weighted by Crippen LogP contribution is -1.95. The van der Waals surface area contributed by atoms with E-state index in [-0.39, 0.29) is 0 Å². The molecule has 1 nitrogen and oxygen atoms in total. The van der Waals surface area contributed by atoms with Crippen molar-refractivity contribution < 1.29 is 4.74 Å². The molecule has 0 N–H and O–H groups in total. The maximum atomic E-state index is 6.03. The normalized spacial score (nSPS) is 10.1. The molecule has 0 aliphatic heterocycles. The van der Waals surface area contributed by atoms with E-state index in [1.54, 1.807) is 6.07 Å². The summed E-state index contributed by atoms with van der Waals surface area (Å²) in [5.41, 5.74) is 2.01. The highest BCUT2D eigenvalue weighted by Gasteiger charge is 2.01. The SMILES string of the molecule is [CH2]c1ccc(OCc2ccccc2)c(Cl)c1. The van der Waals surface area contributed by atoms with Crippen LogP contribution >= 0.6 is 11.6 Å². The molecule has 0 saturated heterocycles. The van der Waals surface area contributed by atoms with Crippen LogP contribution in [0.3, 0.4) is 0 Å². The van der Waals surface area contributed by atoms with Gasteiger partial charge in [-0.1, -0.05) is 48.0 Å². The average molecular weight is 232 g/mol. The quantitative estimate of drug-likeness (QED) is 0.773. The molecule has 2 aromatic carbocycles. The molecule has 0 aliphatic rings. The molecule has 0 spiro atoms. The summed E-state index contributed by atoms with van der Waals surface area (Å²) in [6.45, 7) is 4.33. The molecule has 2 aromatic rings. The predicted molar refractivity (Wildman–Crippen MR) is 66.7 cm³/mol. The van der Waals surface area contributed by atoms with Gasteiger partial charge in [0, 0.05) is 0 Å². The van der Waals surface area contributed by atoms with Crippen molar-refractivity contribution in [2.75, 3.05) is 0 Å². The van der Waals surface area contributed by atoms with Crippen LogP contribution in [0.15, 0.2) is 48.5 Å². The van der Waals surface area contributed by atoms with Gasteiger partial charge >= 0.3 is 0 Å². The molecule has 81 valence electrons. The number of hydrogen-bond donors (Lipinski definition) is 0. The molecule has 0 heterocycles. The second-order valence-corrected chi connectivity index (χ2v) is 3.95.